The van der Waals surface area contributed by atoms with E-state index in [-0.39, 0.29) is 18.4 Å². The van der Waals surface area contributed by atoms with Gasteiger partial charge in [-0.3, -0.25) is 9.59 Å². The number of methoxy groups -OCH3 is 1. The molecule has 0 aliphatic heterocycles. The van der Waals surface area contributed by atoms with Crippen LogP contribution in [0.3, 0.4) is 0 Å². The minimum absolute atomic E-state index is 0.0364. The van der Waals surface area contributed by atoms with E-state index in [1.165, 1.54) is 16.7 Å². The third kappa shape index (κ3) is 3.48. The SMILES string of the molecule is COc1ccc(N(CC(=O)N(C)C)C(C)=O)cc1. The lowest BCUT2D eigenvalue weighted by atomic mass is 10.2. The summed E-state index contributed by atoms with van der Waals surface area (Å²) in [5.74, 6) is 0.414. The molecule has 2 amide bonds. The Morgan fingerprint density at radius 3 is 2.11 bits per heavy atom. The van der Waals surface area contributed by atoms with Gasteiger partial charge in [0.1, 0.15) is 12.3 Å². The first-order valence-corrected chi connectivity index (χ1v) is 5.58. The van der Waals surface area contributed by atoms with Crippen molar-refractivity contribution < 1.29 is 14.3 Å². The first kappa shape index (κ1) is 14.0. The second kappa shape index (κ2) is 6.05. The van der Waals surface area contributed by atoms with E-state index in [0.717, 1.165) is 0 Å². The Hall–Kier alpha value is -2.04. The number of anilines is 1. The molecule has 0 radical (unpaired) electrons. The molecule has 0 heterocycles. The predicted octanol–water partition coefficient (Wildman–Crippen LogP) is 1.14. The molecule has 0 aliphatic carbocycles. The van der Waals surface area contributed by atoms with Crippen molar-refractivity contribution in [3.63, 3.8) is 0 Å². The molecule has 18 heavy (non-hydrogen) atoms. The number of nitrogens with zero attached hydrogens (tertiary/aromatic N) is 2. The van der Waals surface area contributed by atoms with Gasteiger partial charge in [0.25, 0.3) is 0 Å². The normalized spacial score (nSPS) is 9.78. The monoisotopic (exact) mass is 250 g/mol. The van der Waals surface area contributed by atoms with Gasteiger partial charge < -0.3 is 14.5 Å². The fourth-order valence-corrected chi connectivity index (χ4v) is 1.42. The van der Waals surface area contributed by atoms with Gasteiger partial charge in [0.05, 0.1) is 7.11 Å². The van der Waals surface area contributed by atoms with Crippen molar-refractivity contribution in [2.45, 2.75) is 6.92 Å². The van der Waals surface area contributed by atoms with E-state index in [1.807, 2.05) is 0 Å². The van der Waals surface area contributed by atoms with Crippen LogP contribution in [0.5, 0.6) is 5.75 Å². The molecule has 0 spiro atoms. The van der Waals surface area contributed by atoms with Gasteiger partial charge in [-0.2, -0.15) is 0 Å². The fraction of sp³-hybridized carbons (Fsp3) is 0.385. The summed E-state index contributed by atoms with van der Waals surface area (Å²) in [4.78, 5) is 26.1. The van der Waals surface area contributed by atoms with Crippen LogP contribution in [-0.2, 0) is 9.59 Å². The van der Waals surface area contributed by atoms with Gasteiger partial charge >= 0.3 is 0 Å². The van der Waals surface area contributed by atoms with E-state index in [1.54, 1.807) is 45.5 Å². The molecule has 1 aromatic rings. The highest BCUT2D eigenvalue weighted by molar-refractivity contribution is 5.97. The minimum atomic E-state index is -0.171. The quantitative estimate of drug-likeness (QED) is 0.805. The van der Waals surface area contributed by atoms with E-state index >= 15 is 0 Å². The first-order chi connectivity index (χ1) is 8.45. The van der Waals surface area contributed by atoms with Crippen molar-refractivity contribution in [3.05, 3.63) is 24.3 Å². The van der Waals surface area contributed by atoms with E-state index in [9.17, 15) is 9.59 Å². The molecule has 5 heteroatoms. The molecule has 0 atom stereocenters. The van der Waals surface area contributed by atoms with E-state index in [2.05, 4.69) is 0 Å². The number of amides is 2. The number of hydrogen-bond donors (Lipinski definition) is 0. The topological polar surface area (TPSA) is 49.9 Å². The summed E-state index contributed by atoms with van der Waals surface area (Å²) < 4.78 is 5.05. The van der Waals surface area contributed by atoms with Crippen molar-refractivity contribution in [2.75, 3.05) is 32.6 Å². The number of rotatable bonds is 4. The van der Waals surface area contributed by atoms with Crippen molar-refractivity contribution in [1.82, 2.24) is 4.90 Å². The first-order valence-electron chi connectivity index (χ1n) is 5.58. The zero-order valence-electron chi connectivity index (χ0n) is 11.1. The summed E-state index contributed by atoms with van der Waals surface area (Å²) in [5, 5.41) is 0. The molecule has 0 unspecified atom stereocenters. The second-order valence-electron chi connectivity index (χ2n) is 4.09. The summed E-state index contributed by atoms with van der Waals surface area (Å²) in [6.07, 6.45) is 0. The predicted molar refractivity (Wildman–Crippen MR) is 69.7 cm³/mol. The summed E-state index contributed by atoms with van der Waals surface area (Å²) in [6, 6.07) is 7.02. The van der Waals surface area contributed by atoms with Gasteiger partial charge in [0, 0.05) is 26.7 Å². The Morgan fingerprint density at radius 1 is 1.17 bits per heavy atom. The Labute approximate surface area is 107 Å². The largest absolute Gasteiger partial charge is 0.497 e. The molecule has 0 N–H and O–H groups in total. The van der Waals surface area contributed by atoms with Gasteiger partial charge in [0.2, 0.25) is 11.8 Å². The average Bonchev–Trinajstić information content (AvgIpc) is 2.35. The van der Waals surface area contributed by atoms with Crippen LogP contribution in [0.15, 0.2) is 24.3 Å². The summed E-state index contributed by atoms with van der Waals surface area (Å²) >= 11 is 0. The third-order valence-corrected chi connectivity index (χ3v) is 2.56. The average molecular weight is 250 g/mol. The van der Waals surface area contributed by atoms with Crippen molar-refractivity contribution in [2.24, 2.45) is 0 Å². The number of hydrogen-bond acceptors (Lipinski definition) is 3. The van der Waals surface area contributed by atoms with Gasteiger partial charge in [0.15, 0.2) is 0 Å². The highest BCUT2D eigenvalue weighted by atomic mass is 16.5. The van der Waals surface area contributed by atoms with E-state index < -0.39 is 0 Å². The molecule has 0 saturated heterocycles. The Balaban J connectivity index is 2.90. The van der Waals surface area contributed by atoms with Gasteiger partial charge in [-0.05, 0) is 24.3 Å². The molecule has 1 rings (SSSR count). The molecule has 0 bridgehead atoms. The molecule has 0 saturated carbocycles. The molecule has 5 nitrogen and oxygen atoms in total. The van der Waals surface area contributed by atoms with Crippen molar-refractivity contribution in [1.29, 1.82) is 0 Å². The van der Waals surface area contributed by atoms with Gasteiger partial charge in [-0.15, -0.1) is 0 Å². The standard InChI is InChI=1S/C13H18N2O3/c1-10(16)15(9-13(17)14(2)3)11-5-7-12(18-4)8-6-11/h5-8H,9H2,1-4H3. The van der Waals surface area contributed by atoms with Crippen molar-refractivity contribution in [3.8, 4) is 5.75 Å². The number of ether oxygens (including phenoxy) is 1. The van der Waals surface area contributed by atoms with Crippen LogP contribution in [0, 0.1) is 0 Å². The fourth-order valence-electron chi connectivity index (χ4n) is 1.42. The van der Waals surface area contributed by atoms with E-state index in [4.69, 9.17) is 4.74 Å². The molecule has 98 valence electrons. The number of likely N-dealkylation sites (N-methyl/N-ethyl adjacent to an activating group) is 1. The highest BCUT2D eigenvalue weighted by Crippen LogP contribution is 2.19. The van der Waals surface area contributed by atoms with Gasteiger partial charge in [-0.1, -0.05) is 0 Å². The minimum Gasteiger partial charge on any atom is -0.497 e. The van der Waals surface area contributed by atoms with Crippen LogP contribution in [-0.4, -0.2) is 44.5 Å². The molecule has 0 aromatic heterocycles. The van der Waals surface area contributed by atoms with Crippen LogP contribution >= 0.6 is 0 Å². The zero-order valence-corrected chi connectivity index (χ0v) is 11.1. The lowest BCUT2D eigenvalue weighted by Gasteiger charge is -2.22. The Bertz CT molecular complexity index is 426. The summed E-state index contributed by atoms with van der Waals surface area (Å²) in [7, 11) is 4.90. The molecule has 1 aromatic carbocycles. The summed E-state index contributed by atoms with van der Waals surface area (Å²) in [6.45, 7) is 1.47. The second-order valence-corrected chi connectivity index (χ2v) is 4.09. The van der Waals surface area contributed by atoms with Crippen molar-refractivity contribution >= 4 is 17.5 Å². The summed E-state index contributed by atoms with van der Waals surface area (Å²) in [5.41, 5.74) is 0.679. The Morgan fingerprint density at radius 2 is 1.72 bits per heavy atom. The number of benzene rings is 1. The molecule has 0 aliphatic rings. The van der Waals surface area contributed by atoms with Crippen LogP contribution in [0.1, 0.15) is 6.92 Å². The lowest BCUT2D eigenvalue weighted by Crippen LogP contribution is -2.39. The maximum Gasteiger partial charge on any atom is 0.242 e. The Kier molecular flexibility index (Phi) is 4.71. The van der Waals surface area contributed by atoms with Crippen LogP contribution < -0.4 is 9.64 Å². The maximum atomic E-state index is 11.7. The maximum absolute atomic E-state index is 11.7. The zero-order chi connectivity index (χ0) is 13.7. The number of carbonyl (C=O) groups is 2. The van der Waals surface area contributed by atoms with Crippen LogP contribution in [0.25, 0.3) is 0 Å². The third-order valence-electron chi connectivity index (χ3n) is 2.56. The number of carbonyl (C=O) groups excluding carboxylic acids is 2. The van der Waals surface area contributed by atoms with Crippen LogP contribution in [0.2, 0.25) is 0 Å². The van der Waals surface area contributed by atoms with Gasteiger partial charge in [-0.25, -0.2) is 0 Å². The molecular weight excluding hydrogens is 232 g/mol. The highest BCUT2D eigenvalue weighted by Gasteiger charge is 2.16. The smallest absolute Gasteiger partial charge is 0.242 e. The molecule has 0 fully saturated rings. The molecular formula is C13H18N2O3. The lowest BCUT2D eigenvalue weighted by molar-refractivity contribution is -0.129. The van der Waals surface area contributed by atoms with E-state index in [0.29, 0.717) is 11.4 Å². The van der Waals surface area contributed by atoms with Crippen LogP contribution in [0.4, 0.5) is 5.69 Å².